The van der Waals surface area contributed by atoms with Crippen molar-refractivity contribution in [2.75, 3.05) is 31.5 Å². The van der Waals surface area contributed by atoms with Crippen molar-refractivity contribution in [1.82, 2.24) is 0 Å². The molecule has 0 saturated carbocycles. The van der Waals surface area contributed by atoms with E-state index >= 15 is 0 Å². The van der Waals surface area contributed by atoms with Gasteiger partial charge in [-0.2, -0.15) is 5.26 Å². The lowest BCUT2D eigenvalue weighted by Crippen LogP contribution is -2.20. The monoisotopic (exact) mass is 547 g/mol. The van der Waals surface area contributed by atoms with Crippen LogP contribution in [0.25, 0.3) is 6.08 Å². The predicted octanol–water partition coefficient (Wildman–Crippen LogP) is 5.32. The maximum absolute atomic E-state index is 12.7. The number of anilines is 2. The van der Waals surface area contributed by atoms with Crippen LogP contribution in [0, 0.1) is 25.2 Å². The Morgan fingerprint density at radius 2 is 1.64 bits per heavy atom. The fourth-order valence-corrected chi connectivity index (χ4v) is 3.71. The fourth-order valence-electron chi connectivity index (χ4n) is 3.44. The molecule has 9 nitrogen and oxygen atoms in total. The molecule has 0 fully saturated rings. The number of nitrogens with one attached hydrogen (secondary N) is 2. The summed E-state index contributed by atoms with van der Waals surface area (Å²) in [6, 6.07) is 16.5. The van der Waals surface area contributed by atoms with Crippen molar-refractivity contribution < 1.29 is 28.6 Å². The molecule has 0 spiro atoms. The number of halogens is 1. The number of methoxy groups -OCH3 is 2. The van der Waals surface area contributed by atoms with Crippen molar-refractivity contribution in [1.29, 1.82) is 5.26 Å². The molecule has 0 unspecified atom stereocenters. The Morgan fingerprint density at radius 3 is 2.26 bits per heavy atom. The average molecular weight is 548 g/mol. The van der Waals surface area contributed by atoms with Crippen molar-refractivity contribution in [3.05, 3.63) is 87.4 Å². The number of nitrogens with zero attached hydrogens (tertiary/aromatic N) is 1. The van der Waals surface area contributed by atoms with E-state index in [0.717, 1.165) is 11.1 Å². The molecule has 0 aromatic heterocycles. The third-order valence-corrected chi connectivity index (χ3v) is 5.91. The summed E-state index contributed by atoms with van der Waals surface area (Å²) < 4.78 is 15.6. The molecule has 3 rings (SSSR count). The van der Waals surface area contributed by atoms with Crippen LogP contribution in [0.4, 0.5) is 11.4 Å². The van der Waals surface area contributed by atoms with Gasteiger partial charge in [0.25, 0.3) is 11.8 Å². The second-order valence-electron chi connectivity index (χ2n) is 8.36. The SMILES string of the molecule is COC(=O)c1ccc(NC(=O)/C(C#N)=C\c2cc(Cl)c(OCC(=O)Nc3ccc(C)c(C)c3)c(OC)c2)cc1. The quantitative estimate of drug-likeness (QED) is 0.211. The molecule has 0 atom stereocenters. The van der Waals surface area contributed by atoms with Gasteiger partial charge >= 0.3 is 5.97 Å². The molecule has 0 saturated heterocycles. The average Bonchev–Trinajstić information content (AvgIpc) is 2.92. The Morgan fingerprint density at radius 1 is 0.949 bits per heavy atom. The number of ether oxygens (including phenoxy) is 3. The molecule has 0 aliphatic rings. The highest BCUT2D eigenvalue weighted by atomic mass is 35.5. The molecule has 0 aliphatic carbocycles. The first-order valence-electron chi connectivity index (χ1n) is 11.6. The lowest BCUT2D eigenvalue weighted by atomic mass is 10.1. The number of aryl methyl sites for hydroxylation is 2. The Hall–Kier alpha value is -4.81. The maximum Gasteiger partial charge on any atom is 0.337 e. The zero-order chi connectivity index (χ0) is 28.5. The first-order chi connectivity index (χ1) is 18.6. The maximum atomic E-state index is 12.7. The standard InChI is InChI=1S/C29H26ClN3O6/c1-17-5-8-23(11-18(17)2)32-26(34)16-39-27-24(30)13-19(14-25(27)37-3)12-21(15-31)28(35)33-22-9-6-20(7-10-22)29(36)38-4/h5-14H,16H2,1-4H3,(H,32,34)(H,33,35)/b21-12-. The number of carbonyl (C=O) groups excluding carboxylic acids is 3. The highest BCUT2D eigenvalue weighted by molar-refractivity contribution is 6.32. The van der Waals surface area contributed by atoms with Crippen molar-refractivity contribution in [3.8, 4) is 17.6 Å². The lowest BCUT2D eigenvalue weighted by molar-refractivity contribution is -0.118. The van der Waals surface area contributed by atoms with Crippen LogP contribution >= 0.6 is 11.6 Å². The summed E-state index contributed by atoms with van der Waals surface area (Å²) in [6.07, 6.45) is 1.34. The minimum atomic E-state index is -0.665. The molecular weight excluding hydrogens is 522 g/mol. The van der Waals surface area contributed by atoms with Crippen LogP contribution in [-0.2, 0) is 14.3 Å². The topological polar surface area (TPSA) is 127 Å². The van der Waals surface area contributed by atoms with E-state index in [1.807, 2.05) is 32.0 Å². The van der Waals surface area contributed by atoms with Crippen LogP contribution in [0.5, 0.6) is 11.5 Å². The second-order valence-corrected chi connectivity index (χ2v) is 8.77. The minimum Gasteiger partial charge on any atom is -0.493 e. The van der Waals surface area contributed by atoms with Crippen LogP contribution < -0.4 is 20.1 Å². The molecule has 39 heavy (non-hydrogen) atoms. The molecule has 3 aromatic rings. The number of rotatable bonds is 9. The van der Waals surface area contributed by atoms with Gasteiger partial charge in [0.05, 0.1) is 24.8 Å². The summed E-state index contributed by atoms with van der Waals surface area (Å²) >= 11 is 6.40. The van der Waals surface area contributed by atoms with Gasteiger partial charge < -0.3 is 24.8 Å². The van der Waals surface area contributed by atoms with Gasteiger partial charge in [0.2, 0.25) is 0 Å². The van der Waals surface area contributed by atoms with Crippen molar-refractivity contribution in [2.45, 2.75) is 13.8 Å². The number of hydrogen-bond donors (Lipinski definition) is 2. The zero-order valence-corrected chi connectivity index (χ0v) is 22.5. The van der Waals surface area contributed by atoms with Crippen LogP contribution in [-0.4, -0.2) is 38.6 Å². The summed E-state index contributed by atoms with van der Waals surface area (Å²) in [5.74, 6) is -1.21. The Labute approximate surface area is 230 Å². The van der Waals surface area contributed by atoms with Gasteiger partial charge in [0.15, 0.2) is 18.1 Å². The molecule has 0 bridgehead atoms. The largest absolute Gasteiger partial charge is 0.493 e. The van der Waals surface area contributed by atoms with Gasteiger partial charge in [-0.05, 0) is 85.1 Å². The lowest BCUT2D eigenvalue weighted by Gasteiger charge is -2.14. The predicted molar refractivity (Wildman–Crippen MR) is 148 cm³/mol. The van der Waals surface area contributed by atoms with E-state index in [-0.39, 0.29) is 34.6 Å². The van der Waals surface area contributed by atoms with Gasteiger partial charge in [0, 0.05) is 11.4 Å². The highest BCUT2D eigenvalue weighted by Gasteiger charge is 2.16. The first kappa shape index (κ1) is 28.8. The molecule has 200 valence electrons. The summed E-state index contributed by atoms with van der Waals surface area (Å²) in [7, 11) is 2.67. The number of amides is 2. The Bertz CT molecular complexity index is 1480. The van der Waals surface area contributed by atoms with Crippen LogP contribution in [0.15, 0.2) is 60.2 Å². The fraction of sp³-hybridized carbons (Fsp3) is 0.172. The zero-order valence-electron chi connectivity index (χ0n) is 21.8. The third kappa shape index (κ3) is 7.60. The van der Waals surface area contributed by atoms with E-state index in [1.165, 1.54) is 56.7 Å². The van der Waals surface area contributed by atoms with Gasteiger partial charge in [-0.25, -0.2) is 4.79 Å². The number of hydrogen-bond acceptors (Lipinski definition) is 7. The van der Waals surface area contributed by atoms with Gasteiger partial charge in [-0.1, -0.05) is 17.7 Å². The van der Waals surface area contributed by atoms with Crippen LogP contribution in [0.2, 0.25) is 5.02 Å². The van der Waals surface area contributed by atoms with E-state index < -0.39 is 11.9 Å². The number of benzene rings is 3. The van der Waals surface area contributed by atoms with E-state index in [2.05, 4.69) is 15.4 Å². The number of carbonyl (C=O) groups is 3. The Kier molecular flexibility index (Phi) is 9.68. The highest BCUT2D eigenvalue weighted by Crippen LogP contribution is 2.37. The molecule has 2 N–H and O–H groups in total. The van der Waals surface area contributed by atoms with Crippen molar-refractivity contribution >= 4 is 46.8 Å². The van der Waals surface area contributed by atoms with E-state index in [0.29, 0.717) is 22.5 Å². The van der Waals surface area contributed by atoms with Gasteiger partial charge in [0.1, 0.15) is 11.6 Å². The molecule has 0 radical (unpaired) electrons. The molecule has 2 amide bonds. The molecule has 10 heteroatoms. The number of nitriles is 1. The summed E-state index contributed by atoms with van der Waals surface area (Å²) in [5.41, 5.74) is 3.70. The first-order valence-corrected chi connectivity index (χ1v) is 12.0. The van der Waals surface area contributed by atoms with Gasteiger partial charge in [-0.15, -0.1) is 0 Å². The molecular formula is C29H26ClN3O6. The molecule has 0 heterocycles. The van der Waals surface area contributed by atoms with E-state index in [1.54, 1.807) is 6.07 Å². The van der Waals surface area contributed by atoms with Crippen molar-refractivity contribution in [2.24, 2.45) is 0 Å². The van der Waals surface area contributed by atoms with E-state index in [4.69, 9.17) is 21.1 Å². The molecule has 0 aliphatic heterocycles. The third-order valence-electron chi connectivity index (χ3n) is 5.63. The summed E-state index contributed by atoms with van der Waals surface area (Å²) in [5, 5.41) is 15.0. The van der Waals surface area contributed by atoms with Crippen molar-refractivity contribution in [3.63, 3.8) is 0 Å². The normalized spacial score (nSPS) is 10.7. The van der Waals surface area contributed by atoms with Gasteiger partial charge in [-0.3, -0.25) is 9.59 Å². The number of esters is 1. The Balaban J connectivity index is 1.71. The van der Waals surface area contributed by atoms with E-state index in [9.17, 15) is 19.6 Å². The second kappa shape index (κ2) is 13.1. The summed E-state index contributed by atoms with van der Waals surface area (Å²) in [6.45, 7) is 3.61. The van der Waals surface area contributed by atoms with Crippen LogP contribution in [0.3, 0.4) is 0 Å². The summed E-state index contributed by atoms with van der Waals surface area (Å²) in [4.78, 5) is 36.6. The smallest absolute Gasteiger partial charge is 0.337 e. The molecule has 3 aromatic carbocycles. The minimum absolute atomic E-state index is 0.121. The van der Waals surface area contributed by atoms with Crippen LogP contribution in [0.1, 0.15) is 27.0 Å².